The SMILES string of the molecule is COc1nc2sccn2c1CNc1cnn(CC(N)=O)c1. The van der Waals surface area contributed by atoms with Gasteiger partial charge in [-0.1, -0.05) is 0 Å². The third-order valence-electron chi connectivity index (χ3n) is 2.93. The number of hydrogen-bond donors (Lipinski definition) is 2. The number of amides is 1. The first-order valence-electron chi connectivity index (χ1n) is 6.20. The van der Waals surface area contributed by atoms with Crippen LogP contribution in [0.2, 0.25) is 0 Å². The van der Waals surface area contributed by atoms with Gasteiger partial charge >= 0.3 is 0 Å². The number of carbonyl (C=O) groups excluding carboxylic acids is 1. The molecule has 0 fully saturated rings. The van der Waals surface area contributed by atoms with Crippen LogP contribution in [0.5, 0.6) is 5.88 Å². The molecular formula is C12H14N6O2S. The molecular weight excluding hydrogens is 292 g/mol. The van der Waals surface area contributed by atoms with Crippen molar-refractivity contribution in [2.45, 2.75) is 13.1 Å². The Morgan fingerprint density at radius 3 is 3.19 bits per heavy atom. The van der Waals surface area contributed by atoms with Crippen molar-refractivity contribution in [3.8, 4) is 5.88 Å². The Hall–Kier alpha value is -2.55. The van der Waals surface area contributed by atoms with Crippen LogP contribution < -0.4 is 15.8 Å². The molecule has 3 aromatic heterocycles. The van der Waals surface area contributed by atoms with Gasteiger partial charge in [-0.05, 0) is 0 Å². The molecule has 0 spiro atoms. The molecule has 3 heterocycles. The summed E-state index contributed by atoms with van der Waals surface area (Å²) in [6.07, 6.45) is 5.31. The first kappa shape index (κ1) is 13.4. The van der Waals surface area contributed by atoms with Crippen molar-refractivity contribution in [2.24, 2.45) is 5.73 Å². The largest absolute Gasteiger partial charge is 0.480 e. The number of ether oxygens (including phenoxy) is 1. The molecule has 0 unspecified atom stereocenters. The molecule has 0 radical (unpaired) electrons. The Morgan fingerprint density at radius 2 is 2.43 bits per heavy atom. The summed E-state index contributed by atoms with van der Waals surface area (Å²) in [5.41, 5.74) is 6.85. The summed E-state index contributed by atoms with van der Waals surface area (Å²) in [6.45, 7) is 0.593. The molecule has 0 saturated heterocycles. The number of thiazole rings is 1. The Labute approximate surface area is 124 Å². The molecule has 3 aromatic rings. The average molecular weight is 306 g/mol. The quantitative estimate of drug-likeness (QED) is 0.698. The Bertz CT molecular complexity index is 774. The van der Waals surface area contributed by atoms with E-state index in [-0.39, 0.29) is 6.54 Å². The number of hydrogen-bond acceptors (Lipinski definition) is 6. The van der Waals surface area contributed by atoms with Crippen molar-refractivity contribution >= 4 is 27.9 Å². The summed E-state index contributed by atoms with van der Waals surface area (Å²) in [4.78, 5) is 16.1. The fourth-order valence-electron chi connectivity index (χ4n) is 2.02. The summed E-state index contributed by atoms with van der Waals surface area (Å²) < 4.78 is 8.75. The predicted molar refractivity (Wildman–Crippen MR) is 78.4 cm³/mol. The molecule has 9 heteroatoms. The van der Waals surface area contributed by atoms with E-state index in [1.54, 1.807) is 30.8 Å². The van der Waals surface area contributed by atoms with Gasteiger partial charge in [-0.3, -0.25) is 13.9 Å². The summed E-state index contributed by atoms with van der Waals surface area (Å²) in [6, 6.07) is 0. The lowest BCUT2D eigenvalue weighted by Crippen LogP contribution is -2.18. The first-order valence-corrected chi connectivity index (χ1v) is 7.08. The molecule has 0 aliphatic carbocycles. The van der Waals surface area contributed by atoms with Gasteiger partial charge in [0.2, 0.25) is 11.8 Å². The fraction of sp³-hybridized carbons (Fsp3) is 0.250. The normalized spacial score (nSPS) is 10.9. The van der Waals surface area contributed by atoms with E-state index >= 15 is 0 Å². The van der Waals surface area contributed by atoms with Gasteiger partial charge < -0.3 is 15.8 Å². The van der Waals surface area contributed by atoms with E-state index in [4.69, 9.17) is 10.5 Å². The molecule has 0 atom stereocenters. The zero-order valence-electron chi connectivity index (χ0n) is 11.3. The molecule has 3 N–H and O–H groups in total. The number of fused-ring (bicyclic) bond motifs is 1. The average Bonchev–Trinajstić information content (AvgIpc) is 3.11. The molecule has 3 rings (SSSR count). The maximum Gasteiger partial charge on any atom is 0.239 e. The van der Waals surface area contributed by atoms with E-state index in [1.807, 2.05) is 16.0 Å². The second kappa shape index (κ2) is 5.44. The Morgan fingerprint density at radius 1 is 1.57 bits per heavy atom. The number of carbonyl (C=O) groups is 1. The van der Waals surface area contributed by atoms with Crippen LogP contribution in [0.25, 0.3) is 4.96 Å². The standard InChI is InChI=1S/C12H14N6O2S/c1-20-11-9(18-2-3-21-12(18)16-11)5-14-8-4-15-17(6-8)7-10(13)19/h2-4,6,14H,5,7H2,1H3,(H2,13,19). The number of primary amides is 1. The van der Waals surface area contributed by atoms with Gasteiger partial charge in [0.1, 0.15) is 12.2 Å². The number of nitrogens with two attached hydrogens (primary N) is 1. The summed E-state index contributed by atoms with van der Waals surface area (Å²) >= 11 is 1.55. The van der Waals surface area contributed by atoms with Crippen molar-refractivity contribution < 1.29 is 9.53 Å². The minimum Gasteiger partial charge on any atom is -0.480 e. The molecule has 8 nitrogen and oxygen atoms in total. The molecule has 0 bridgehead atoms. The van der Waals surface area contributed by atoms with Crippen molar-refractivity contribution in [3.63, 3.8) is 0 Å². The number of aromatic nitrogens is 4. The van der Waals surface area contributed by atoms with E-state index in [0.717, 1.165) is 16.3 Å². The molecule has 0 aromatic carbocycles. The maximum atomic E-state index is 10.8. The van der Waals surface area contributed by atoms with Crippen LogP contribution in [-0.2, 0) is 17.9 Å². The Kier molecular flexibility index (Phi) is 3.48. The fourth-order valence-corrected chi connectivity index (χ4v) is 2.75. The van der Waals surface area contributed by atoms with Crippen molar-refractivity contribution in [1.82, 2.24) is 19.2 Å². The highest BCUT2D eigenvalue weighted by Crippen LogP contribution is 2.23. The number of nitrogens with one attached hydrogen (secondary N) is 1. The molecule has 0 aliphatic rings. The van der Waals surface area contributed by atoms with Crippen molar-refractivity contribution in [3.05, 3.63) is 29.7 Å². The predicted octanol–water partition coefficient (Wildman–Crippen LogP) is 0.698. The van der Waals surface area contributed by atoms with Gasteiger partial charge in [-0.15, -0.1) is 11.3 Å². The molecule has 21 heavy (non-hydrogen) atoms. The second-order valence-corrected chi connectivity index (χ2v) is 5.24. The molecule has 0 aliphatic heterocycles. The number of imidazole rings is 1. The maximum absolute atomic E-state index is 10.8. The third kappa shape index (κ3) is 2.68. The van der Waals surface area contributed by atoms with Crippen LogP contribution in [0.15, 0.2) is 24.0 Å². The third-order valence-corrected chi connectivity index (χ3v) is 3.69. The molecule has 1 amide bonds. The highest BCUT2D eigenvalue weighted by atomic mass is 32.1. The van der Waals surface area contributed by atoms with E-state index in [2.05, 4.69) is 15.4 Å². The highest BCUT2D eigenvalue weighted by Gasteiger charge is 2.13. The van der Waals surface area contributed by atoms with Crippen LogP contribution in [0.4, 0.5) is 5.69 Å². The van der Waals surface area contributed by atoms with Crippen LogP contribution >= 0.6 is 11.3 Å². The lowest BCUT2D eigenvalue weighted by molar-refractivity contribution is -0.118. The molecule has 110 valence electrons. The zero-order valence-corrected chi connectivity index (χ0v) is 12.1. The number of anilines is 1. The van der Waals surface area contributed by atoms with Crippen molar-refractivity contribution in [2.75, 3.05) is 12.4 Å². The topological polar surface area (TPSA) is 99.5 Å². The lowest BCUT2D eigenvalue weighted by Gasteiger charge is -2.04. The van der Waals surface area contributed by atoms with Crippen LogP contribution in [0.1, 0.15) is 5.69 Å². The van der Waals surface area contributed by atoms with Gasteiger partial charge in [0.05, 0.1) is 25.5 Å². The van der Waals surface area contributed by atoms with Gasteiger partial charge in [-0.25, -0.2) is 0 Å². The van der Waals surface area contributed by atoms with Gasteiger partial charge in [0, 0.05) is 17.8 Å². The van der Waals surface area contributed by atoms with Crippen LogP contribution in [-0.4, -0.2) is 32.2 Å². The number of rotatable bonds is 6. The van der Waals surface area contributed by atoms with Gasteiger partial charge in [-0.2, -0.15) is 10.1 Å². The van der Waals surface area contributed by atoms with Gasteiger partial charge in [0.15, 0.2) is 4.96 Å². The van der Waals surface area contributed by atoms with Gasteiger partial charge in [0.25, 0.3) is 0 Å². The lowest BCUT2D eigenvalue weighted by atomic mass is 10.4. The van der Waals surface area contributed by atoms with E-state index in [9.17, 15) is 4.79 Å². The van der Waals surface area contributed by atoms with E-state index < -0.39 is 5.91 Å². The van der Waals surface area contributed by atoms with Crippen LogP contribution in [0.3, 0.4) is 0 Å². The van der Waals surface area contributed by atoms with E-state index in [0.29, 0.717) is 12.4 Å². The van der Waals surface area contributed by atoms with Crippen molar-refractivity contribution in [1.29, 1.82) is 0 Å². The first-order chi connectivity index (χ1) is 10.2. The second-order valence-electron chi connectivity index (χ2n) is 4.37. The minimum absolute atomic E-state index is 0.0620. The van der Waals surface area contributed by atoms with E-state index in [1.165, 1.54) is 4.68 Å². The monoisotopic (exact) mass is 306 g/mol. The minimum atomic E-state index is -0.429. The molecule has 0 saturated carbocycles. The van der Waals surface area contributed by atoms with Crippen LogP contribution in [0, 0.1) is 0 Å². The Balaban J connectivity index is 1.75. The smallest absolute Gasteiger partial charge is 0.239 e. The number of nitrogens with zero attached hydrogens (tertiary/aromatic N) is 4. The summed E-state index contributed by atoms with van der Waals surface area (Å²) in [5, 5.41) is 9.25. The summed E-state index contributed by atoms with van der Waals surface area (Å²) in [5.74, 6) is 0.168. The number of methoxy groups -OCH3 is 1. The highest BCUT2D eigenvalue weighted by molar-refractivity contribution is 7.15. The zero-order chi connectivity index (χ0) is 14.8. The summed E-state index contributed by atoms with van der Waals surface area (Å²) in [7, 11) is 1.60.